The highest BCUT2D eigenvalue weighted by atomic mass is 35.5. The van der Waals surface area contributed by atoms with Gasteiger partial charge in [0.25, 0.3) is 0 Å². The van der Waals surface area contributed by atoms with Gasteiger partial charge in [0.15, 0.2) is 28.3 Å². The Bertz CT molecular complexity index is 1550. The number of nitrogens with one attached hydrogen (secondary N) is 2. The van der Waals surface area contributed by atoms with Crippen LogP contribution in [-0.2, 0) is 9.53 Å². The van der Waals surface area contributed by atoms with Crippen LogP contribution in [-0.4, -0.2) is 69.0 Å². The molecule has 0 aromatic carbocycles. The van der Waals surface area contributed by atoms with Gasteiger partial charge in [0.1, 0.15) is 5.52 Å². The van der Waals surface area contributed by atoms with Crippen LogP contribution in [0.3, 0.4) is 0 Å². The van der Waals surface area contributed by atoms with Gasteiger partial charge in [0.2, 0.25) is 5.91 Å². The first-order valence-electron chi connectivity index (χ1n) is 12.8. The van der Waals surface area contributed by atoms with E-state index in [0.717, 1.165) is 12.1 Å². The van der Waals surface area contributed by atoms with Crippen LogP contribution in [0.4, 0.5) is 17.3 Å². The summed E-state index contributed by atoms with van der Waals surface area (Å²) in [6.45, 7) is 2.17. The molecule has 1 aliphatic carbocycles. The Balaban J connectivity index is 1.44. The van der Waals surface area contributed by atoms with Crippen LogP contribution in [0.2, 0.25) is 5.15 Å². The van der Waals surface area contributed by atoms with Crippen LogP contribution < -0.4 is 15.5 Å². The van der Waals surface area contributed by atoms with E-state index in [1.807, 2.05) is 19.1 Å². The lowest BCUT2D eigenvalue weighted by Crippen LogP contribution is -2.36. The maximum atomic E-state index is 12.5. The first-order valence-corrected chi connectivity index (χ1v) is 11.7. The number of morpholine rings is 1. The zero-order chi connectivity index (χ0) is 26.6. The summed E-state index contributed by atoms with van der Waals surface area (Å²) in [5.74, 6) is 0.722. The Hall–Kier alpha value is -3.57. The van der Waals surface area contributed by atoms with E-state index in [4.69, 9.17) is 20.5 Å². The van der Waals surface area contributed by atoms with Gasteiger partial charge >= 0.3 is 0 Å². The first kappa shape index (κ1) is 18.7. The molecule has 11 nitrogen and oxygen atoms in total. The number of aromatic nitrogens is 6. The van der Waals surface area contributed by atoms with Crippen molar-refractivity contribution in [1.82, 2.24) is 29.8 Å². The number of anilines is 3. The van der Waals surface area contributed by atoms with E-state index in [2.05, 4.69) is 40.8 Å². The van der Waals surface area contributed by atoms with Crippen LogP contribution in [0.1, 0.15) is 17.5 Å². The predicted molar refractivity (Wildman–Crippen MR) is 133 cm³/mol. The van der Waals surface area contributed by atoms with Crippen molar-refractivity contribution in [1.29, 1.82) is 0 Å². The molecule has 0 unspecified atom stereocenters. The van der Waals surface area contributed by atoms with Crippen molar-refractivity contribution in [2.45, 2.75) is 13.3 Å². The highest BCUT2D eigenvalue weighted by molar-refractivity contribution is 6.32. The number of halogens is 1. The molecule has 6 rings (SSSR count). The first-order chi connectivity index (χ1) is 18.2. The molecule has 2 aliphatic rings. The number of carbonyl (C=O) groups is 1. The van der Waals surface area contributed by atoms with E-state index in [1.54, 1.807) is 10.6 Å². The van der Waals surface area contributed by atoms with Crippen LogP contribution in [0.15, 0.2) is 24.4 Å². The molecule has 0 radical (unpaired) electrons. The quantitative estimate of drug-likeness (QED) is 0.401. The van der Waals surface area contributed by atoms with Gasteiger partial charge in [0.05, 0.1) is 18.9 Å². The average Bonchev–Trinajstić information content (AvgIpc) is 3.46. The highest BCUT2D eigenvalue weighted by Gasteiger charge is 2.39. The molecule has 1 saturated heterocycles. The predicted octanol–water partition coefficient (Wildman–Crippen LogP) is 2.86. The van der Waals surface area contributed by atoms with Gasteiger partial charge in [-0.05, 0) is 30.5 Å². The van der Waals surface area contributed by atoms with Crippen LogP contribution in [0.25, 0.3) is 27.9 Å². The van der Waals surface area contributed by atoms with E-state index in [0.29, 0.717) is 59.8 Å². The molecule has 1 saturated carbocycles. The lowest BCUT2D eigenvalue weighted by atomic mass is 10.1. The Labute approximate surface area is 210 Å². The maximum Gasteiger partial charge on any atom is 0.228 e. The Morgan fingerprint density at radius 2 is 2.11 bits per heavy atom. The molecule has 4 aromatic heterocycles. The minimum atomic E-state index is -2.50. The van der Waals surface area contributed by atoms with Crippen LogP contribution in [0.5, 0.6) is 0 Å². The molecule has 12 heteroatoms. The summed E-state index contributed by atoms with van der Waals surface area (Å²) in [5.41, 5.74) is 2.03. The van der Waals surface area contributed by atoms with Crippen molar-refractivity contribution in [2.75, 3.05) is 48.8 Å². The summed E-state index contributed by atoms with van der Waals surface area (Å²) >= 11 is 6.74. The van der Waals surface area contributed by atoms with Crippen molar-refractivity contribution < 1.29 is 13.6 Å². The third kappa shape index (κ3) is 3.90. The van der Waals surface area contributed by atoms with Gasteiger partial charge in [-0.2, -0.15) is 4.52 Å². The minimum Gasteiger partial charge on any atom is -0.378 e. The second kappa shape index (κ2) is 8.58. The summed E-state index contributed by atoms with van der Waals surface area (Å²) in [4.78, 5) is 23.6. The number of amides is 1. The monoisotopic (exact) mass is 496 g/mol. The highest BCUT2D eigenvalue weighted by Crippen LogP contribution is 2.38. The normalized spacial score (nSPS) is 21.4. The number of fused-ring (bicyclic) bond motifs is 2. The molecule has 180 valence electrons. The maximum absolute atomic E-state index is 12.5. The number of carbonyl (C=O) groups excluding carboxylic acids is 1. The van der Waals surface area contributed by atoms with E-state index in [1.165, 1.54) is 6.20 Å². The Morgan fingerprint density at radius 3 is 2.89 bits per heavy atom. The van der Waals surface area contributed by atoms with Gasteiger partial charge in [-0.25, -0.2) is 9.97 Å². The lowest BCUT2D eigenvalue weighted by Gasteiger charge is -2.29. The molecule has 0 bridgehead atoms. The second-order valence-electron chi connectivity index (χ2n) is 8.76. The van der Waals surface area contributed by atoms with E-state index in [-0.39, 0.29) is 29.0 Å². The fourth-order valence-electron chi connectivity index (χ4n) is 4.33. The molecule has 2 atom stereocenters. The Morgan fingerprint density at radius 1 is 1.29 bits per heavy atom. The van der Waals surface area contributed by atoms with E-state index >= 15 is 0 Å². The average molecular weight is 497 g/mol. The molecule has 35 heavy (non-hydrogen) atoms. The molecule has 5 heterocycles. The van der Waals surface area contributed by atoms with Gasteiger partial charge in [0, 0.05) is 47.2 Å². The van der Waals surface area contributed by atoms with Crippen molar-refractivity contribution in [2.24, 2.45) is 11.8 Å². The zero-order valence-corrected chi connectivity index (χ0v) is 19.6. The van der Waals surface area contributed by atoms with Gasteiger partial charge in [-0.15, -0.1) is 15.3 Å². The molecular formula is C23H24ClN9O2. The summed E-state index contributed by atoms with van der Waals surface area (Å²) in [6.07, 6.45) is 2.30. The third-order valence-electron chi connectivity index (χ3n) is 6.46. The fourth-order valence-corrected chi connectivity index (χ4v) is 4.64. The topological polar surface area (TPSA) is 122 Å². The van der Waals surface area contributed by atoms with E-state index in [9.17, 15) is 4.79 Å². The van der Waals surface area contributed by atoms with Gasteiger partial charge < -0.3 is 20.3 Å². The number of pyridine rings is 2. The largest absolute Gasteiger partial charge is 0.378 e. The molecular weight excluding hydrogens is 470 g/mol. The van der Waals surface area contributed by atoms with Gasteiger partial charge in [-0.1, -0.05) is 18.5 Å². The van der Waals surface area contributed by atoms with Crippen molar-refractivity contribution in [3.63, 3.8) is 0 Å². The fraction of sp³-hybridized carbons (Fsp3) is 0.391. The third-order valence-corrected chi connectivity index (χ3v) is 6.81. The zero-order valence-electron chi connectivity index (χ0n) is 21.8. The number of hydrogen-bond donors (Lipinski definition) is 2. The minimum absolute atomic E-state index is 0.0290. The molecule has 1 aliphatic heterocycles. The van der Waals surface area contributed by atoms with Crippen molar-refractivity contribution in [3.05, 3.63) is 29.5 Å². The summed E-state index contributed by atoms with van der Waals surface area (Å²) in [6, 6.07) is 5.36. The number of hydrogen-bond acceptors (Lipinski definition) is 9. The van der Waals surface area contributed by atoms with Crippen molar-refractivity contribution in [3.8, 4) is 11.4 Å². The SMILES string of the molecule is [2H]C([2H])([2H])Nc1ncc(-c2nc3ccc(N4CCOCC4)c(Cl)n3n2)c2cc(NC(=O)[C@H]3C[C@H]3C)nnc12. The molecule has 4 aromatic rings. The standard InChI is InChI=1S/C23H24ClN9O2/c1-12-9-13(12)23(34)27-17-10-14-15(11-26-22(25-2)19(14)30-29-17)21-28-18-4-3-16(20(24)33(18)31-21)32-5-7-35-8-6-32/h3-4,10-13H,5-9H2,1-2H3,(H,25,26)(H,27,29,34)/t12-,13+/m1/s1/i2D3. The number of ether oxygens (including phenoxy) is 1. The number of rotatable bonds is 5. The molecule has 0 spiro atoms. The van der Waals surface area contributed by atoms with Crippen molar-refractivity contribution >= 4 is 51.4 Å². The number of nitrogens with zero attached hydrogens (tertiary/aromatic N) is 7. The molecule has 2 N–H and O–H groups in total. The lowest BCUT2D eigenvalue weighted by molar-refractivity contribution is -0.117. The van der Waals surface area contributed by atoms with E-state index < -0.39 is 6.98 Å². The van der Waals surface area contributed by atoms with Crippen LogP contribution >= 0.6 is 11.6 Å². The Kier molecular flexibility index (Phi) is 4.59. The molecule has 1 amide bonds. The summed E-state index contributed by atoms with van der Waals surface area (Å²) in [5, 5.41) is 19.0. The molecule has 2 fully saturated rings. The smallest absolute Gasteiger partial charge is 0.228 e. The summed E-state index contributed by atoms with van der Waals surface area (Å²) in [7, 11) is 0. The second-order valence-corrected chi connectivity index (χ2v) is 9.12. The van der Waals surface area contributed by atoms with Crippen LogP contribution in [0, 0.1) is 11.8 Å². The van der Waals surface area contributed by atoms with Gasteiger partial charge in [-0.3, -0.25) is 4.79 Å². The summed E-state index contributed by atoms with van der Waals surface area (Å²) < 4.78 is 29.8.